The number of likely N-dealkylation sites (tertiary alicyclic amines) is 1. The van der Waals surface area contributed by atoms with Gasteiger partial charge in [-0.1, -0.05) is 71.4 Å². The monoisotopic (exact) mass is 603 g/mol. The number of ether oxygens (including phenoxy) is 2. The summed E-state index contributed by atoms with van der Waals surface area (Å²) in [5.74, 6) is -2.02. The van der Waals surface area contributed by atoms with Crippen LogP contribution < -0.4 is 5.32 Å². The van der Waals surface area contributed by atoms with Crippen molar-refractivity contribution in [3.05, 3.63) is 35.9 Å². The van der Waals surface area contributed by atoms with Crippen LogP contribution in [0, 0.1) is 17.8 Å². The third kappa shape index (κ3) is 10.0. The van der Waals surface area contributed by atoms with Crippen LogP contribution in [0.5, 0.6) is 0 Å². The number of carboxylic acid groups (broad SMARTS) is 1. The predicted octanol–water partition coefficient (Wildman–Crippen LogP) is 3.76. The summed E-state index contributed by atoms with van der Waals surface area (Å²) in [6, 6.07) is 7.43. The molecule has 1 heterocycles. The Balaban J connectivity index is 2.18. The minimum absolute atomic E-state index is 0.0278. The second-order valence-electron chi connectivity index (χ2n) is 12.3. The number of hydrogen-bond acceptors (Lipinski definition) is 6. The summed E-state index contributed by atoms with van der Waals surface area (Å²) in [5, 5.41) is 12.5. The molecule has 3 amide bonds. The van der Waals surface area contributed by atoms with Gasteiger partial charge in [0.15, 0.2) is 0 Å². The van der Waals surface area contributed by atoms with E-state index < -0.39 is 36.0 Å². The number of rotatable bonds is 17. The molecule has 1 fully saturated rings. The summed E-state index contributed by atoms with van der Waals surface area (Å²) >= 11 is 0. The standard InChI is InChI=1S/C33H53N3O7/c1-9-22(4)30(35(6)28(37)18-21(2)3)27(42-7)20-29(38)36-17-13-16-26(36)31(43-8)23(5)32(39)34-25(33(40)41)19-24-14-11-10-12-15-24/h10-12,14-15,21-23,25-27,30-31H,9,13,16-20H2,1-8H3,(H,34,39)(H,40,41)/t22-,23+,25-,26-,27?,30-,31+/m0/s1. The van der Waals surface area contributed by atoms with Crippen LogP contribution in [0.2, 0.25) is 0 Å². The molecule has 1 aromatic carbocycles. The molecule has 1 aliphatic heterocycles. The molecule has 7 atom stereocenters. The highest BCUT2D eigenvalue weighted by molar-refractivity contribution is 5.85. The number of amides is 3. The summed E-state index contributed by atoms with van der Waals surface area (Å²) in [6.07, 6.45) is 1.79. The highest BCUT2D eigenvalue weighted by atomic mass is 16.5. The van der Waals surface area contributed by atoms with Crippen molar-refractivity contribution in [3.8, 4) is 0 Å². The highest BCUT2D eigenvalue weighted by Gasteiger charge is 2.42. The van der Waals surface area contributed by atoms with Gasteiger partial charge in [0, 0.05) is 40.7 Å². The fraction of sp³-hybridized carbons (Fsp3) is 0.697. The Bertz CT molecular complexity index is 1050. The number of aliphatic carboxylic acids is 1. The van der Waals surface area contributed by atoms with Gasteiger partial charge in [0.25, 0.3) is 0 Å². The predicted molar refractivity (Wildman–Crippen MR) is 165 cm³/mol. The quantitative estimate of drug-likeness (QED) is 0.278. The zero-order chi connectivity index (χ0) is 32.3. The summed E-state index contributed by atoms with van der Waals surface area (Å²) < 4.78 is 11.7. The molecule has 10 nitrogen and oxygen atoms in total. The van der Waals surface area contributed by atoms with E-state index in [0.717, 1.165) is 18.4 Å². The minimum Gasteiger partial charge on any atom is -0.480 e. The van der Waals surface area contributed by atoms with Crippen molar-refractivity contribution in [3.63, 3.8) is 0 Å². The third-order valence-electron chi connectivity index (χ3n) is 8.78. The normalized spacial score (nSPS) is 19.3. The smallest absolute Gasteiger partial charge is 0.326 e. The fourth-order valence-electron chi connectivity index (χ4n) is 6.17. The number of carbonyl (C=O) groups excluding carboxylic acids is 3. The Hall–Kier alpha value is -2.98. The van der Waals surface area contributed by atoms with Crippen LogP contribution in [0.25, 0.3) is 0 Å². The Morgan fingerprint density at radius 1 is 1.05 bits per heavy atom. The molecule has 0 spiro atoms. The van der Waals surface area contributed by atoms with E-state index >= 15 is 0 Å². The number of nitrogens with zero attached hydrogens (tertiary/aromatic N) is 2. The molecular formula is C33H53N3O7. The zero-order valence-corrected chi connectivity index (χ0v) is 27.2. The molecule has 242 valence electrons. The van der Waals surface area contributed by atoms with Crippen molar-refractivity contribution in [1.82, 2.24) is 15.1 Å². The van der Waals surface area contributed by atoms with Crippen LogP contribution in [0.4, 0.5) is 0 Å². The molecule has 1 saturated heterocycles. The number of carboxylic acids is 1. The number of hydrogen-bond donors (Lipinski definition) is 2. The van der Waals surface area contributed by atoms with Crippen molar-refractivity contribution < 1.29 is 33.8 Å². The molecule has 0 aromatic heterocycles. The number of likely N-dealkylation sites (N-methyl/N-ethyl adjacent to an activating group) is 1. The average molecular weight is 604 g/mol. The summed E-state index contributed by atoms with van der Waals surface area (Å²) in [5.41, 5.74) is 0.804. The summed E-state index contributed by atoms with van der Waals surface area (Å²) in [4.78, 5) is 55.6. The van der Waals surface area contributed by atoms with Gasteiger partial charge in [0.05, 0.1) is 36.6 Å². The van der Waals surface area contributed by atoms with E-state index in [1.165, 1.54) is 7.11 Å². The van der Waals surface area contributed by atoms with Gasteiger partial charge < -0.3 is 29.7 Å². The van der Waals surface area contributed by atoms with Crippen LogP contribution in [0.1, 0.15) is 72.3 Å². The van der Waals surface area contributed by atoms with Gasteiger partial charge in [-0.05, 0) is 30.2 Å². The maximum atomic E-state index is 13.8. The number of methoxy groups -OCH3 is 2. The molecule has 10 heteroatoms. The first kappa shape index (κ1) is 36.2. The Kier molecular flexibility index (Phi) is 14.6. The maximum Gasteiger partial charge on any atom is 0.326 e. The van der Waals surface area contributed by atoms with E-state index in [1.807, 2.05) is 44.2 Å². The topological polar surface area (TPSA) is 125 Å². The lowest BCUT2D eigenvalue weighted by Crippen LogP contribution is -2.54. The van der Waals surface area contributed by atoms with Gasteiger partial charge in [-0.2, -0.15) is 0 Å². The van der Waals surface area contributed by atoms with E-state index in [1.54, 1.807) is 30.9 Å². The SMILES string of the molecule is CC[C@H](C)[C@@H](C(CC(=O)N1CCC[C@H]1[C@H](OC)[C@@H](C)C(=O)N[C@@H](Cc1ccccc1)C(=O)O)OC)N(C)C(=O)CC(C)C. The Morgan fingerprint density at radius 2 is 1.70 bits per heavy atom. The molecule has 1 aliphatic rings. The van der Waals surface area contributed by atoms with Crippen molar-refractivity contribution in [2.24, 2.45) is 17.8 Å². The number of carbonyl (C=O) groups is 4. The van der Waals surface area contributed by atoms with E-state index in [2.05, 4.69) is 19.2 Å². The van der Waals surface area contributed by atoms with Crippen LogP contribution in [-0.4, -0.2) is 96.7 Å². The van der Waals surface area contributed by atoms with E-state index in [0.29, 0.717) is 19.4 Å². The first-order valence-corrected chi connectivity index (χ1v) is 15.5. The van der Waals surface area contributed by atoms with Gasteiger partial charge >= 0.3 is 5.97 Å². The van der Waals surface area contributed by atoms with Gasteiger partial charge in [-0.3, -0.25) is 14.4 Å². The summed E-state index contributed by atoms with van der Waals surface area (Å²) in [7, 11) is 4.88. The van der Waals surface area contributed by atoms with Gasteiger partial charge in [-0.25, -0.2) is 4.79 Å². The third-order valence-corrected chi connectivity index (χ3v) is 8.78. The van der Waals surface area contributed by atoms with Gasteiger partial charge in [0.1, 0.15) is 6.04 Å². The molecule has 2 rings (SSSR count). The van der Waals surface area contributed by atoms with Crippen LogP contribution in [0.3, 0.4) is 0 Å². The molecule has 0 bridgehead atoms. The molecule has 2 N–H and O–H groups in total. The molecule has 0 aliphatic carbocycles. The maximum absolute atomic E-state index is 13.8. The first-order valence-electron chi connectivity index (χ1n) is 15.5. The van der Waals surface area contributed by atoms with Crippen LogP contribution in [-0.2, 0) is 35.1 Å². The first-order chi connectivity index (χ1) is 20.4. The molecular weight excluding hydrogens is 550 g/mol. The zero-order valence-electron chi connectivity index (χ0n) is 27.2. The second kappa shape index (κ2) is 17.3. The van der Waals surface area contributed by atoms with Gasteiger partial charge in [-0.15, -0.1) is 0 Å². The van der Waals surface area contributed by atoms with Crippen molar-refractivity contribution in [2.75, 3.05) is 27.8 Å². The summed E-state index contributed by atoms with van der Waals surface area (Å²) in [6.45, 7) is 10.4. The largest absolute Gasteiger partial charge is 0.480 e. The highest BCUT2D eigenvalue weighted by Crippen LogP contribution is 2.29. The minimum atomic E-state index is -1.12. The number of nitrogens with one attached hydrogen (secondary N) is 1. The molecule has 43 heavy (non-hydrogen) atoms. The molecule has 1 unspecified atom stereocenters. The lowest BCUT2D eigenvalue weighted by Gasteiger charge is -2.39. The van der Waals surface area contributed by atoms with Crippen molar-refractivity contribution in [2.45, 2.75) is 103 Å². The van der Waals surface area contributed by atoms with E-state index in [4.69, 9.17) is 9.47 Å². The van der Waals surface area contributed by atoms with Crippen molar-refractivity contribution in [1.29, 1.82) is 0 Å². The second-order valence-corrected chi connectivity index (χ2v) is 12.3. The Morgan fingerprint density at radius 3 is 2.23 bits per heavy atom. The van der Waals surface area contributed by atoms with E-state index in [9.17, 15) is 24.3 Å². The average Bonchev–Trinajstić information content (AvgIpc) is 3.46. The fourth-order valence-corrected chi connectivity index (χ4v) is 6.17. The van der Waals surface area contributed by atoms with Gasteiger partial charge in [0.2, 0.25) is 17.7 Å². The lowest BCUT2D eigenvalue weighted by atomic mass is 9.90. The van der Waals surface area contributed by atoms with Crippen LogP contribution >= 0.6 is 0 Å². The molecule has 0 saturated carbocycles. The van der Waals surface area contributed by atoms with Crippen LogP contribution in [0.15, 0.2) is 30.3 Å². The van der Waals surface area contributed by atoms with Crippen molar-refractivity contribution >= 4 is 23.7 Å². The number of benzene rings is 1. The lowest BCUT2D eigenvalue weighted by molar-refractivity contribution is -0.147. The Labute approximate surface area is 257 Å². The molecule has 0 radical (unpaired) electrons. The molecule has 1 aromatic rings. The van der Waals surface area contributed by atoms with E-state index in [-0.39, 0.29) is 48.6 Å².